The van der Waals surface area contributed by atoms with Gasteiger partial charge in [-0.15, -0.1) is 0 Å². The second kappa shape index (κ2) is 7.22. The van der Waals surface area contributed by atoms with Crippen molar-refractivity contribution in [3.63, 3.8) is 0 Å². The van der Waals surface area contributed by atoms with Gasteiger partial charge in [-0.1, -0.05) is 12.1 Å². The van der Waals surface area contributed by atoms with E-state index in [9.17, 15) is 14.4 Å². The number of likely N-dealkylation sites (N-methyl/N-ethyl adjacent to an activating group) is 1. The maximum atomic E-state index is 12.5. The second-order valence-corrected chi connectivity index (χ2v) is 6.74. The number of benzene rings is 1. The Kier molecular flexibility index (Phi) is 4.60. The second-order valence-electron chi connectivity index (χ2n) is 6.74. The van der Waals surface area contributed by atoms with Gasteiger partial charge < -0.3 is 10.2 Å². The lowest BCUT2D eigenvalue weighted by molar-refractivity contribution is -0.136. The molecule has 0 atom stereocenters. The molecular formula is C20H19N5O3. The molecule has 0 aliphatic carbocycles. The van der Waals surface area contributed by atoms with Crippen LogP contribution in [0.1, 0.15) is 12.8 Å². The first-order valence-corrected chi connectivity index (χ1v) is 9.01. The molecule has 2 aromatic rings. The van der Waals surface area contributed by atoms with Crippen LogP contribution in [0.5, 0.6) is 0 Å². The minimum absolute atomic E-state index is 0.0271. The van der Waals surface area contributed by atoms with Crippen LogP contribution in [0.25, 0.3) is 11.3 Å². The zero-order valence-electron chi connectivity index (χ0n) is 15.4. The highest BCUT2D eigenvalue weighted by molar-refractivity contribution is 6.19. The van der Waals surface area contributed by atoms with Gasteiger partial charge in [0.25, 0.3) is 11.8 Å². The smallest absolute Gasteiger partial charge is 0.277 e. The number of carbonyl (C=O) groups is 3. The summed E-state index contributed by atoms with van der Waals surface area (Å²) in [6.45, 7) is 0.602. The molecule has 28 heavy (non-hydrogen) atoms. The third-order valence-electron chi connectivity index (χ3n) is 4.91. The van der Waals surface area contributed by atoms with E-state index < -0.39 is 0 Å². The Morgan fingerprint density at radius 3 is 2.64 bits per heavy atom. The minimum Gasteiger partial charge on any atom is -0.357 e. The van der Waals surface area contributed by atoms with Crippen molar-refractivity contribution in [2.75, 3.05) is 25.5 Å². The van der Waals surface area contributed by atoms with Crippen molar-refractivity contribution in [3.05, 3.63) is 54.1 Å². The van der Waals surface area contributed by atoms with E-state index in [0.29, 0.717) is 29.9 Å². The molecule has 1 aromatic carbocycles. The molecule has 0 bridgehead atoms. The number of aromatic nitrogens is 2. The Morgan fingerprint density at radius 1 is 1.14 bits per heavy atom. The van der Waals surface area contributed by atoms with Crippen LogP contribution in [0.15, 0.2) is 54.1 Å². The van der Waals surface area contributed by atoms with Crippen molar-refractivity contribution in [2.24, 2.45) is 0 Å². The van der Waals surface area contributed by atoms with E-state index >= 15 is 0 Å². The Morgan fingerprint density at radius 2 is 1.93 bits per heavy atom. The van der Waals surface area contributed by atoms with E-state index in [4.69, 9.17) is 0 Å². The van der Waals surface area contributed by atoms with Gasteiger partial charge in [0.2, 0.25) is 5.91 Å². The largest absolute Gasteiger partial charge is 0.357 e. The topological polar surface area (TPSA) is 95.5 Å². The molecule has 142 valence electrons. The van der Waals surface area contributed by atoms with Crippen molar-refractivity contribution in [3.8, 4) is 11.3 Å². The summed E-state index contributed by atoms with van der Waals surface area (Å²) in [4.78, 5) is 47.9. The standard InChI is InChI=1S/C20H19N5O3/c1-24-19(27)15-3-2-10-25(18(15)20(24)28)11-17(26)23-14-6-4-13(5-7-14)16-8-9-21-12-22-16/h4-9,12H,2-3,10-11H2,1H3,(H,23,26). The summed E-state index contributed by atoms with van der Waals surface area (Å²) >= 11 is 0. The Balaban J connectivity index is 1.43. The number of rotatable bonds is 4. The number of anilines is 1. The third-order valence-corrected chi connectivity index (χ3v) is 4.91. The maximum absolute atomic E-state index is 12.5. The van der Waals surface area contributed by atoms with Gasteiger partial charge in [-0.2, -0.15) is 0 Å². The fraction of sp³-hybridized carbons (Fsp3) is 0.250. The average Bonchev–Trinajstić information content (AvgIpc) is 2.94. The van der Waals surface area contributed by atoms with Crippen LogP contribution in [0.4, 0.5) is 5.69 Å². The molecule has 1 N–H and O–H groups in total. The van der Waals surface area contributed by atoms with Crippen LogP contribution in [0.2, 0.25) is 0 Å². The quantitative estimate of drug-likeness (QED) is 0.810. The summed E-state index contributed by atoms with van der Waals surface area (Å²) < 4.78 is 0. The monoisotopic (exact) mass is 377 g/mol. The molecule has 1 aromatic heterocycles. The fourth-order valence-electron chi connectivity index (χ4n) is 3.51. The van der Waals surface area contributed by atoms with Crippen LogP contribution >= 0.6 is 0 Å². The predicted octanol–water partition coefficient (Wildman–Crippen LogP) is 1.43. The van der Waals surface area contributed by atoms with Gasteiger partial charge in [0.05, 0.1) is 12.2 Å². The zero-order chi connectivity index (χ0) is 19.7. The number of hydrogen-bond acceptors (Lipinski definition) is 6. The first-order chi connectivity index (χ1) is 13.5. The summed E-state index contributed by atoms with van der Waals surface area (Å²) in [7, 11) is 1.47. The summed E-state index contributed by atoms with van der Waals surface area (Å²) in [5.74, 6) is -0.828. The summed E-state index contributed by atoms with van der Waals surface area (Å²) in [6, 6.07) is 9.15. The van der Waals surface area contributed by atoms with Gasteiger partial charge >= 0.3 is 0 Å². The van der Waals surface area contributed by atoms with E-state index in [1.807, 2.05) is 18.2 Å². The van der Waals surface area contributed by atoms with Gasteiger partial charge in [-0.25, -0.2) is 9.97 Å². The molecule has 0 radical (unpaired) electrons. The first kappa shape index (κ1) is 17.8. The molecule has 2 aliphatic rings. The van der Waals surface area contributed by atoms with E-state index in [0.717, 1.165) is 22.6 Å². The molecular weight excluding hydrogens is 358 g/mol. The molecule has 0 unspecified atom stereocenters. The number of carbonyl (C=O) groups excluding carboxylic acids is 3. The van der Waals surface area contributed by atoms with E-state index in [1.54, 1.807) is 23.2 Å². The molecule has 0 saturated carbocycles. The molecule has 8 nitrogen and oxygen atoms in total. The molecule has 8 heteroatoms. The molecule has 4 rings (SSSR count). The van der Waals surface area contributed by atoms with Crippen molar-refractivity contribution >= 4 is 23.4 Å². The first-order valence-electron chi connectivity index (χ1n) is 9.01. The van der Waals surface area contributed by atoms with Crippen LogP contribution in [-0.4, -0.2) is 57.6 Å². The maximum Gasteiger partial charge on any atom is 0.277 e. The summed E-state index contributed by atoms with van der Waals surface area (Å²) in [5, 5.41) is 2.84. The van der Waals surface area contributed by atoms with Crippen molar-refractivity contribution in [2.45, 2.75) is 12.8 Å². The number of amides is 3. The molecule has 0 saturated heterocycles. The Hall–Kier alpha value is -3.55. The number of nitrogens with zero attached hydrogens (tertiary/aromatic N) is 4. The van der Waals surface area contributed by atoms with Crippen LogP contribution in [-0.2, 0) is 14.4 Å². The lowest BCUT2D eigenvalue weighted by Crippen LogP contribution is -2.38. The van der Waals surface area contributed by atoms with Gasteiger partial charge in [0.15, 0.2) is 0 Å². The molecule has 0 spiro atoms. The van der Waals surface area contributed by atoms with Gasteiger partial charge in [0, 0.05) is 36.6 Å². The predicted molar refractivity (Wildman–Crippen MR) is 102 cm³/mol. The zero-order valence-corrected chi connectivity index (χ0v) is 15.4. The highest BCUT2D eigenvalue weighted by Crippen LogP contribution is 2.30. The van der Waals surface area contributed by atoms with Crippen molar-refractivity contribution in [1.82, 2.24) is 19.8 Å². The number of imide groups is 1. The Labute approximate surface area is 161 Å². The van der Waals surface area contributed by atoms with Crippen LogP contribution in [0.3, 0.4) is 0 Å². The molecule has 3 amide bonds. The van der Waals surface area contributed by atoms with Crippen LogP contribution in [0, 0.1) is 0 Å². The van der Waals surface area contributed by atoms with Gasteiger partial charge in [-0.3, -0.25) is 19.3 Å². The number of hydrogen-bond donors (Lipinski definition) is 1. The molecule has 3 heterocycles. The van der Waals surface area contributed by atoms with Gasteiger partial charge in [-0.05, 0) is 31.0 Å². The van der Waals surface area contributed by atoms with Crippen molar-refractivity contribution < 1.29 is 14.4 Å². The van der Waals surface area contributed by atoms with Crippen molar-refractivity contribution in [1.29, 1.82) is 0 Å². The SMILES string of the molecule is CN1C(=O)C2=C(C1=O)N(CC(=O)Nc1ccc(-c3ccncn3)cc1)CCC2. The normalized spacial score (nSPS) is 16.5. The lowest BCUT2D eigenvalue weighted by Gasteiger charge is -2.28. The summed E-state index contributed by atoms with van der Waals surface area (Å²) in [5.41, 5.74) is 3.26. The lowest BCUT2D eigenvalue weighted by atomic mass is 10.0. The van der Waals surface area contributed by atoms with E-state index in [2.05, 4.69) is 15.3 Å². The number of nitrogens with one attached hydrogen (secondary N) is 1. The van der Waals surface area contributed by atoms with Gasteiger partial charge in [0.1, 0.15) is 12.0 Å². The van der Waals surface area contributed by atoms with Crippen LogP contribution < -0.4 is 5.32 Å². The molecule has 0 fully saturated rings. The minimum atomic E-state index is -0.332. The molecule has 2 aliphatic heterocycles. The average molecular weight is 377 g/mol. The highest BCUT2D eigenvalue weighted by atomic mass is 16.2. The highest BCUT2D eigenvalue weighted by Gasteiger charge is 2.40. The fourth-order valence-corrected chi connectivity index (χ4v) is 3.51. The third kappa shape index (κ3) is 3.24. The summed E-state index contributed by atoms with van der Waals surface area (Å²) in [6.07, 6.45) is 4.48. The van der Waals surface area contributed by atoms with E-state index in [-0.39, 0.29) is 24.3 Å². The van der Waals surface area contributed by atoms with E-state index in [1.165, 1.54) is 13.4 Å². The Bertz CT molecular complexity index is 969.